The zero-order chi connectivity index (χ0) is 13.5. The summed E-state index contributed by atoms with van der Waals surface area (Å²) < 4.78 is 0. The lowest BCUT2D eigenvalue weighted by molar-refractivity contribution is 0.961. The van der Waals surface area contributed by atoms with Crippen molar-refractivity contribution >= 4 is 17.6 Å². The summed E-state index contributed by atoms with van der Waals surface area (Å²) in [7, 11) is 4.02. The van der Waals surface area contributed by atoms with Gasteiger partial charge in [-0.15, -0.1) is 0 Å². The number of guanidine groups is 2. The Morgan fingerprint density at radius 3 is 2.22 bits per heavy atom. The number of aliphatic imine (C=N–C) groups is 2. The second-order valence-corrected chi connectivity index (χ2v) is 4.09. The molecule has 0 aliphatic carbocycles. The number of nitrogens with two attached hydrogens (primary N) is 3. The van der Waals surface area contributed by atoms with E-state index in [2.05, 4.69) is 39.2 Å². The van der Waals surface area contributed by atoms with Crippen LogP contribution < -0.4 is 22.1 Å². The van der Waals surface area contributed by atoms with Gasteiger partial charge in [0.2, 0.25) is 5.96 Å². The molecular weight excluding hydrogens is 228 g/mol. The summed E-state index contributed by atoms with van der Waals surface area (Å²) in [4.78, 5) is 9.75. The molecule has 0 unspecified atom stereocenters. The SMILES string of the molecule is CN(C)c1ccc(CCN=C(N)N=C(N)N)cc1. The Labute approximate surface area is 107 Å². The summed E-state index contributed by atoms with van der Waals surface area (Å²) in [6.07, 6.45) is 0.800. The lowest BCUT2D eigenvalue weighted by atomic mass is 10.1. The van der Waals surface area contributed by atoms with Crippen LogP contribution in [-0.4, -0.2) is 32.6 Å². The van der Waals surface area contributed by atoms with Crippen molar-refractivity contribution < 1.29 is 0 Å². The first-order chi connectivity index (χ1) is 8.49. The zero-order valence-corrected chi connectivity index (χ0v) is 10.8. The predicted molar refractivity (Wildman–Crippen MR) is 76.8 cm³/mol. The molecule has 6 N–H and O–H groups in total. The second-order valence-electron chi connectivity index (χ2n) is 4.09. The van der Waals surface area contributed by atoms with Gasteiger partial charge in [0.1, 0.15) is 0 Å². The van der Waals surface area contributed by atoms with E-state index in [0.717, 1.165) is 6.42 Å². The molecule has 0 saturated carbocycles. The molecule has 0 amide bonds. The van der Waals surface area contributed by atoms with Crippen molar-refractivity contribution in [3.63, 3.8) is 0 Å². The molecule has 6 nitrogen and oxygen atoms in total. The van der Waals surface area contributed by atoms with E-state index in [1.54, 1.807) is 0 Å². The van der Waals surface area contributed by atoms with Gasteiger partial charge < -0.3 is 22.1 Å². The molecule has 6 heteroatoms. The fourth-order valence-electron chi connectivity index (χ4n) is 1.43. The highest BCUT2D eigenvalue weighted by Gasteiger charge is 1.96. The molecule has 1 rings (SSSR count). The van der Waals surface area contributed by atoms with Gasteiger partial charge in [-0.2, -0.15) is 4.99 Å². The Balaban J connectivity index is 2.52. The number of benzene rings is 1. The minimum Gasteiger partial charge on any atom is -0.378 e. The van der Waals surface area contributed by atoms with E-state index in [-0.39, 0.29) is 11.9 Å². The molecule has 0 heterocycles. The quantitative estimate of drug-likeness (QED) is 0.510. The highest BCUT2D eigenvalue weighted by Crippen LogP contribution is 2.12. The van der Waals surface area contributed by atoms with Crippen LogP contribution in [0.1, 0.15) is 5.56 Å². The fraction of sp³-hybridized carbons (Fsp3) is 0.333. The maximum absolute atomic E-state index is 5.50. The molecule has 1 aromatic carbocycles. The molecule has 0 saturated heterocycles. The van der Waals surface area contributed by atoms with E-state index in [1.165, 1.54) is 11.3 Å². The summed E-state index contributed by atoms with van der Waals surface area (Å²) >= 11 is 0. The largest absolute Gasteiger partial charge is 0.378 e. The average molecular weight is 248 g/mol. The van der Waals surface area contributed by atoms with Crippen LogP contribution in [0.4, 0.5) is 5.69 Å². The van der Waals surface area contributed by atoms with Crippen LogP contribution in [0.3, 0.4) is 0 Å². The Morgan fingerprint density at radius 2 is 1.72 bits per heavy atom. The van der Waals surface area contributed by atoms with Crippen molar-refractivity contribution in [1.29, 1.82) is 0 Å². The molecule has 0 bridgehead atoms. The summed E-state index contributed by atoms with van der Waals surface area (Å²) in [5, 5.41) is 0. The number of hydrogen-bond donors (Lipinski definition) is 3. The summed E-state index contributed by atoms with van der Waals surface area (Å²) in [5.74, 6) is 0.0338. The summed E-state index contributed by atoms with van der Waals surface area (Å²) in [5.41, 5.74) is 18.2. The Bertz CT molecular complexity index is 428. The van der Waals surface area contributed by atoms with Gasteiger partial charge in [-0.1, -0.05) is 12.1 Å². The zero-order valence-electron chi connectivity index (χ0n) is 10.8. The van der Waals surface area contributed by atoms with E-state index in [0.29, 0.717) is 6.54 Å². The first kappa shape index (κ1) is 13.8. The molecule has 0 aromatic heterocycles. The molecule has 0 radical (unpaired) electrons. The highest BCUT2D eigenvalue weighted by molar-refractivity contribution is 5.92. The third-order valence-electron chi connectivity index (χ3n) is 2.37. The second kappa shape index (κ2) is 6.48. The average Bonchev–Trinajstić information content (AvgIpc) is 2.28. The van der Waals surface area contributed by atoms with Gasteiger partial charge in [-0.05, 0) is 24.1 Å². The molecule has 0 aliphatic heterocycles. The molecule has 0 fully saturated rings. The third-order valence-corrected chi connectivity index (χ3v) is 2.37. The summed E-state index contributed by atoms with van der Waals surface area (Å²) in [6.45, 7) is 0.559. The molecule has 18 heavy (non-hydrogen) atoms. The number of rotatable bonds is 4. The monoisotopic (exact) mass is 248 g/mol. The van der Waals surface area contributed by atoms with Crippen molar-refractivity contribution in [2.75, 3.05) is 25.5 Å². The number of hydrogen-bond acceptors (Lipinski definition) is 2. The Hall–Kier alpha value is -2.24. The minimum absolute atomic E-state index is 0.0772. The fourth-order valence-corrected chi connectivity index (χ4v) is 1.43. The van der Waals surface area contributed by atoms with Gasteiger partial charge in [-0.25, -0.2) is 0 Å². The molecule has 0 atom stereocenters. The topological polar surface area (TPSA) is 106 Å². The van der Waals surface area contributed by atoms with E-state index >= 15 is 0 Å². The van der Waals surface area contributed by atoms with E-state index in [4.69, 9.17) is 17.2 Å². The van der Waals surface area contributed by atoms with Crippen molar-refractivity contribution in [3.8, 4) is 0 Å². The van der Waals surface area contributed by atoms with Gasteiger partial charge in [0.05, 0.1) is 0 Å². The molecular formula is C12H20N6. The van der Waals surface area contributed by atoms with Crippen LogP contribution in [0.2, 0.25) is 0 Å². The van der Waals surface area contributed by atoms with Crippen LogP contribution in [0.5, 0.6) is 0 Å². The van der Waals surface area contributed by atoms with Gasteiger partial charge >= 0.3 is 0 Å². The van der Waals surface area contributed by atoms with Crippen molar-refractivity contribution in [1.82, 2.24) is 0 Å². The molecule has 0 aliphatic rings. The van der Waals surface area contributed by atoms with Gasteiger partial charge in [0.25, 0.3) is 0 Å². The third kappa shape index (κ3) is 4.73. The van der Waals surface area contributed by atoms with Crippen molar-refractivity contribution in [3.05, 3.63) is 29.8 Å². The summed E-state index contributed by atoms with van der Waals surface area (Å²) in [6, 6.07) is 8.28. The van der Waals surface area contributed by atoms with E-state index in [9.17, 15) is 0 Å². The van der Waals surface area contributed by atoms with Crippen LogP contribution in [0.15, 0.2) is 34.3 Å². The number of nitrogens with zero attached hydrogens (tertiary/aromatic N) is 3. The van der Waals surface area contributed by atoms with E-state index in [1.807, 2.05) is 14.1 Å². The van der Waals surface area contributed by atoms with Gasteiger partial charge in [-0.3, -0.25) is 4.99 Å². The predicted octanol–water partition coefficient (Wildman–Crippen LogP) is -0.117. The van der Waals surface area contributed by atoms with Crippen LogP contribution in [0, 0.1) is 0 Å². The first-order valence-corrected chi connectivity index (χ1v) is 5.65. The Kier molecular flexibility index (Phi) is 4.98. The maximum atomic E-state index is 5.50. The Morgan fingerprint density at radius 1 is 1.11 bits per heavy atom. The van der Waals surface area contributed by atoms with Crippen molar-refractivity contribution in [2.24, 2.45) is 27.2 Å². The van der Waals surface area contributed by atoms with Crippen LogP contribution >= 0.6 is 0 Å². The maximum Gasteiger partial charge on any atom is 0.218 e. The molecule has 1 aromatic rings. The standard InChI is InChI=1S/C12H20N6/c1-18(2)10-5-3-9(4-6-10)7-8-16-12(15)17-11(13)14/h3-6H,7-8H2,1-2H3,(H6,13,14,15,16,17). The minimum atomic E-state index is -0.0772. The van der Waals surface area contributed by atoms with Crippen LogP contribution in [-0.2, 0) is 6.42 Å². The lowest BCUT2D eigenvalue weighted by Gasteiger charge is -2.12. The van der Waals surface area contributed by atoms with E-state index < -0.39 is 0 Å². The normalized spacial score (nSPS) is 11.1. The van der Waals surface area contributed by atoms with Crippen molar-refractivity contribution in [2.45, 2.75) is 6.42 Å². The smallest absolute Gasteiger partial charge is 0.218 e. The molecule has 0 spiro atoms. The number of anilines is 1. The first-order valence-electron chi connectivity index (χ1n) is 5.65. The van der Waals surface area contributed by atoms with Gasteiger partial charge in [0, 0.05) is 26.3 Å². The highest BCUT2D eigenvalue weighted by atomic mass is 15.1. The molecule has 98 valence electrons. The van der Waals surface area contributed by atoms with Gasteiger partial charge in [0.15, 0.2) is 5.96 Å². The lowest BCUT2D eigenvalue weighted by Crippen LogP contribution is -2.26. The van der Waals surface area contributed by atoms with Crippen LogP contribution in [0.25, 0.3) is 0 Å².